The van der Waals surface area contributed by atoms with Crippen molar-refractivity contribution in [2.45, 2.75) is 19.4 Å². The van der Waals surface area contributed by atoms with Gasteiger partial charge in [-0.3, -0.25) is 9.48 Å². The molecule has 0 saturated carbocycles. The van der Waals surface area contributed by atoms with E-state index in [1.54, 1.807) is 11.6 Å². The number of carbonyl (C=O) groups excluding carboxylic acids is 1. The molecular formula is C12H17N5OS. The molecular weight excluding hydrogens is 262 g/mol. The largest absolute Gasteiger partial charge is 0.351 e. The minimum absolute atomic E-state index is 0.125. The van der Waals surface area contributed by atoms with Crippen LogP contribution in [0.3, 0.4) is 0 Å². The van der Waals surface area contributed by atoms with Gasteiger partial charge in [-0.25, -0.2) is 4.98 Å². The molecule has 0 aliphatic rings. The predicted octanol–water partition coefficient (Wildman–Crippen LogP) is 0.661. The van der Waals surface area contributed by atoms with E-state index < -0.39 is 0 Å². The predicted molar refractivity (Wildman–Crippen MR) is 74.0 cm³/mol. The summed E-state index contributed by atoms with van der Waals surface area (Å²) >= 11 is 1.47. The van der Waals surface area contributed by atoms with Crippen molar-refractivity contribution in [1.29, 1.82) is 0 Å². The first kappa shape index (κ1) is 13.7. The van der Waals surface area contributed by atoms with Gasteiger partial charge in [0, 0.05) is 37.3 Å². The Morgan fingerprint density at radius 3 is 3.16 bits per heavy atom. The standard InChI is InChI=1S/C12H17N5OS/c13-4-3-11-16-10(9-19-11)12(18)14-5-1-7-17-8-2-6-15-17/h2,6,8-9H,1,3-5,7,13H2,(H,14,18). The summed E-state index contributed by atoms with van der Waals surface area (Å²) in [6.07, 6.45) is 5.21. The van der Waals surface area contributed by atoms with Gasteiger partial charge in [-0.1, -0.05) is 0 Å². The van der Waals surface area contributed by atoms with Crippen LogP contribution < -0.4 is 11.1 Å². The van der Waals surface area contributed by atoms with Gasteiger partial charge < -0.3 is 11.1 Å². The molecule has 0 aromatic carbocycles. The third-order valence-corrected chi connectivity index (χ3v) is 3.46. The summed E-state index contributed by atoms with van der Waals surface area (Å²) < 4.78 is 1.84. The van der Waals surface area contributed by atoms with Gasteiger partial charge >= 0.3 is 0 Å². The third kappa shape index (κ3) is 4.15. The van der Waals surface area contributed by atoms with Crippen molar-refractivity contribution < 1.29 is 4.79 Å². The molecule has 0 radical (unpaired) electrons. The quantitative estimate of drug-likeness (QED) is 0.729. The first-order valence-electron chi connectivity index (χ1n) is 6.19. The van der Waals surface area contributed by atoms with E-state index in [1.165, 1.54) is 11.3 Å². The molecule has 1 amide bonds. The van der Waals surface area contributed by atoms with Gasteiger partial charge in [0.05, 0.1) is 5.01 Å². The first-order valence-corrected chi connectivity index (χ1v) is 7.07. The van der Waals surface area contributed by atoms with Crippen molar-refractivity contribution in [3.63, 3.8) is 0 Å². The van der Waals surface area contributed by atoms with Gasteiger partial charge in [-0.15, -0.1) is 11.3 Å². The fourth-order valence-corrected chi connectivity index (χ4v) is 2.41. The average molecular weight is 279 g/mol. The summed E-state index contributed by atoms with van der Waals surface area (Å²) in [4.78, 5) is 16.0. The number of nitrogens with one attached hydrogen (secondary N) is 1. The van der Waals surface area contributed by atoms with E-state index in [4.69, 9.17) is 5.73 Å². The minimum Gasteiger partial charge on any atom is -0.351 e. The van der Waals surface area contributed by atoms with Gasteiger partial charge in [0.1, 0.15) is 5.69 Å². The lowest BCUT2D eigenvalue weighted by atomic mass is 10.4. The van der Waals surface area contributed by atoms with Gasteiger partial charge in [-0.2, -0.15) is 5.10 Å². The Morgan fingerprint density at radius 1 is 1.53 bits per heavy atom. The molecule has 2 heterocycles. The van der Waals surface area contributed by atoms with Crippen molar-refractivity contribution in [2.75, 3.05) is 13.1 Å². The summed E-state index contributed by atoms with van der Waals surface area (Å²) in [6.45, 7) is 1.96. The molecule has 7 heteroatoms. The molecule has 0 aliphatic carbocycles. The molecule has 0 fully saturated rings. The Bertz CT molecular complexity index is 508. The van der Waals surface area contributed by atoms with Crippen LogP contribution in [0.5, 0.6) is 0 Å². The number of carbonyl (C=O) groups is 1. The van der Waals surface area contributed by atoms with Crippen molar-refractivity contribution in [3.05, 3.63) is 34.5 Å². The summed E-state index contributed by atoms with van der Waals surface area (Å²) in [5.41, 5.74) is 5.93. The molecule has 0 unspecified atom stereocenters. The number of nitrogens with zero attached hydrogens (tertiary/aromatic N) is 3. The number of nitrogens with two attached hydrogens (primary N) is 1. The van der Waals surface area contributed by atoms with Crippen molar-refractivity contribution in [2.24, 2.45) is 5.73 Å². The zero-order valence-electron chi connectivity index (χ0n) is 10.6. The molecule has 2 aromatic rings. The third-order valence-electron chi connectivity index (χ3n) is 2.55. The Morgan fingerprint density at radius 2 is 2.42 bits per heavy atom. The molecule has 3 N–H and O–H groups in total. The maximum atomic E-state index is 11.8. The highest BCUT2D eigenvalue weighted by molar-refractivity contribution is 7.09. The summed E-state index contributed by atoms with van der Waals surface area (Å²) in [5, 5.41) is 9.62. The Balaban J connectivity index is 1.71. The molecule has 0 spiro atoms. The molecule has 0 saturated heterocycles. The van der Waals surface area contributed by atoms with E-state index in [-0.39, 0.29) is 5.91 Å². The van der Waals surface area contributed by atoms with Crippen LogP contribution in [0.25, 0.3) is 0 Å². The SMILES string of the molecule is NCCc1nc(C(=O)NCCCn2cccn2)cs1. The van der Waals surface area contributed by atoms with E-state index >= 15 is 0 Å². The van der Waals surface area contributed by atoms with Crippen molar-refractivity contribution >= 4 is 17.2 Å². The monoisotopic (exact) mass is 279 g/mol. The van der Waals surface area contributed by atoms with E-state index in [1.807, 2.05) is 16.9 Å². The number of thiazole rings is 1. The molecule has 2 rings (SSSR count). The zero-order valence-corrected chi connectivity index (χ0v) is 11.4. The summed E-state index contributed by atoms with van der Waals surface area (Å²) in [7, 11) is 0. The van der Waals surface area contributed by atoms with Crippen LogP contribution in [-0.2, 0) is 13.0 Å². The zero-order chi connectivity index (χ0) is 13.5. The normalized spacial score (nSPS) is 10.6. The number of hydrogen-bond acceptors (Lipinski definition) is 5. The average Bonchev–Trinajstić information content (AvgIpc) is 3.06. The number of amides is 1. The van der Waals surface area contributed by atoms with Crippen LogP contribution in [0, 0.1) is 0 Å². The maximum absolute atomic E-state index is 11.8. The molecule has 102 valence electrons. The van der Waals surface area contributed by atoms with Crippen molar-refractivity contribution in [3.8, 4) is 0 Å². The van der Waals surface area contributed by atoms with Crippen molar-refractivity contribution in [1.82, 2.24) is 20.1 Å². The van der Waals surface area contributed by atoms with Crippen LogP contribution >= 0.6 is 11.3 Å². The van der Waals surface area contributed by atoms with Gasteiger partial charge in [0.15, 0.2) is 0 Å². The second-order valence-corrected chi connectivity index (χ2v) is 4.99. The minimum atomic E-state index is -0.125. The molecule has 0 bridgehead atoms. The van der Waals surface area contributed by atoms with E-state index in [0.717, 1.165) is 24.4 Å². The number of aromatic nitrogens is 3. The molecule has 0 atom stereocenters. The lowest BCUT2D eigenvalue weighted by Gasteiger charge is -2.03. The van der Waals surface area contributed by atoms with Crippen LogP contribution in [0.2, 0.25) is 0 Å². The fraction of sp³-hybridized carbons (Fsp3) is 0.417. The van der Waals surface area contributed by atoms with E-state index in [9.17, 15) is 4.79 Å². The van der Waals surface area contributed by atoms with Gasteiger partial charge in [0.25, 0.3) is 5.91 Å². The van der Waals surface area contributed by atoms with E-state index in [0.29, 0.717) is 18.8 Å². The summed E-state index contributed by atoms with van der Waals surface area (Å²) in [5.74, 6) is -0.125. The highest BCUT2D eigenvalue weighted by Crippen LogP contribution is 2.09. The highest BCUT2D eigenvalue weighted by Gasteiger charge is 2.09. The second kappa shape index (κ2) is 7.01. The molecule has 2 aromatic heterocycles. The lowest BCUT2D eigenvalue weighted by molar-refractivity contribution is 0.0948. The summed E-state index contributed by atoms with van der Waals surface area (Å²) in [6, 6.07) is 1.88. The fourth-order valence-electron chi connectivity index (χ4n) is 1.62. The first-order chi connectivity index (χ1) is 9.29. The van der Waals surface area contributed by atoms with Gasteiger partial charge in [0.2, 0.25) is 0 Å². The number of hydrogen-bond donors (Lipinski definition) is 2. The van der Waals surface area contributed by atoms with Crippen LogP contribution in [0.4, 0.5) is 0 Å². The maximum Gasteiger partial charge on any atom is 0.270 e. The van der Waals surface area contributed by atoms with Gasteiger partial charge in [-0.05, 0) is 19.0 Å². The second-order valence-electron chi connectivity index (χ2n) is 4.04. The molecule has 19 heavy (non-hydrogen) atoms. The highest BCUT2D eigenvalue weighted by atomic mass is 32.1. The Hall–Kier alpha value is -1.73. The van der Waals surface area contributed by atoms with Crippen LogP contribution in [0.15, 0.2) is 23.8 Å². The molecule has 6 nitrogen and oxygen atoms in total. The number of aryl methyl sites for hydroxylation is 1. The molecule has 0 aliphatic heterocycles. The smallest absolute Gasteiger partial charge is 0.270 e. The van der Waals surface area contributed by atoms with Crippen LogP contribution in [-0.4, -0.2) is 33.8 Å². The Kier molecular flexibility index (Phi) is 5.05. The van der Waals surface area contributed by atoms with Crippen LogP contribution in [0.1, 0.15) is 21.9 Å². The number of rotatable bonds is 7. The Labute approximate surface area is 115 Å². The lowest BCUT2D eigenvalue weighted by Crippen LogP contribution is -2.25. The van der Waals surface area contributed by atoms with E-state index in [2.05, 4.69) is 15.4 Å². The topological polar surface area (TPSA) is 85.8 Å².